The number of hydrogen-bond acceptors (Lipinski definition) is 2. The van der Waals surface area contributed by atoms with Crippen LogP contribution in [0.4, 0.5) is 0 Å². The molecule has 1 saturated carbocycles. The van der Waals surface area contributed by atoms with E-state index in [2.05, 4.69) is 49.8 Å². The van der Waals surface area contributed by atoms with E-state index in [9.17, 15) is 4.79 Å². The van der Waals surface area contributed by atoms with Crippen LogP contribution in [0.1, 0.15) is 40.0 Å². The van der Waals surface area contributed by atoms with Crippen molar-refractivity contribution in [1.82, 2.24) is 0 Å². The first-order chi connectivity index (χ1) is 8.19. The Balaban J connectivity index is 2.43. The molecule has 4 heteroatoms. The highest BCUT2D eigenvalue weighted by Crippen LogP contribution is 2.40. The third-order valence-corrected chi connectivity index (χ3v) is 9.53. The Hall–Kier alpha value is 0.327. The first-order valence-electron chi connectivity index (χ1n) is 6.91. The van der Waals surface area contributed by atoms with Crippen molar-refractivity contribution in [2.24, 2.45) is 11.8 Å². The van der Waals surface area contributed by atoms with E-state index in [0.29, 0.717) is 18.1 Å². The Morgan fingerprint density at radius 1 is 1.33 bits per heavy atom. The highest BCUT2D eigenvalue weighted by atomic mass is 79.9. The van der Waals surface area contributed by atoms with Crippen LogP contribution in [0, 0.1) is 11.8 Å². The van der Waals surface area contributed by atoms with E-state index in [1.165, 1.54) is 0 Å². The smallest absolute Gasteiger partial charge is 0.191 e. The minimum absolute atomic E-state index is 0.256. The molecule has 0 aliphatic heterocycles. The van der Waals surface area contributed by atoms with Crippen LogP contribution >= 0.6 is 15.9 Å². The molecule has 0 aromatic rings. The molecule has 0 N–H and O–H groups in total. The fourth-order valence-electron chi connectivity index (χ4n) is 2.00. The van der Waals surface area contributed by atoms with Crippen molar-refractivity contribution < 1.29 is 9.22 Å². The molecular formula is C14H27BrO2Si. The lowest BCUT2D eigenvalue weighted by Crippen LogP contribution is -2.45. The molecule has 2 atom stereocenters. The van der Waals surface area contributed by atoms with E-state index in [-0.39, 0.29) is 11.0 Å². The van der Waals surface area contributed by atoms with Gasteiger partial charge in [0.2, 0.25) is 0 Å². The molecule has 1 aliphatic rings. The molecule has 0 aromatic heterocycles. The highest BCUT2D eigenvalue weighted by molar-refractivity contribution is 9.09. The van der Waals surface area contributed by atoms with Gasteiger partial charge in [0.05, 0.1) is 0 Å². The van der Waals surface area contributed by atoms with Crippen LogP contribution in [0.3, 0.4) is 0 Å². The Morgan fingerprint density at radius 3 is 2.33 bits per heavy atom. The second-order valence-electron chi connectivity index (χ2n) is 6.92. The van der Waals surface area contributed by atoms with Crippen LogP contribution in [0.15, 0.2) is 0 Å². The molecule has 106 valence electrons. The molecular weight excluding hydrogens is 308 g/mol. The largest absolute Gasteiger partial charge is 0.417 e. The summed E-state index contributed by atoms with van der Waals surface area (Å²) in [4.78, 5) is 11.9. The van der Waals surface area contributed by atoms with Crippen molar-refractivity contribution in [2.75, 3.05) is 11.9 Å². The number of halogens is 1. The Labute approximate surface area is 121 Å². The van der Waals surface area contributed by atoms with E-state index < -0.39 is 8.32 Å². The summed E-state index contributed by atoms with van der Waals surface area (Å²) in [5.41, 5.74) is 0. The van der Waals surface area contributed by atoms with E-state index >= 15 is 0 Å². The van der Waals surface area contributed by atoms with Crippen molar-refractivity contribution in [3.63, 3.8) is 0 Å². The molecule has 1 rings (SSSR count). The minimum atomic E-state index is -1.65. The number of carbonyl (C=O) groups is 1. The average molecular weight is 335 g/mol. The van der Waals surface area contributed by atoms with Crippen LogP contribution in [0.2, 0.25) is 18.1 Å². The van der Waals surface area contributed by atoms with Gasteiger partial charge in [0, 0.05) is 24.3 Å². The molecule has 1 fully saturated rings. The predicted octanol–water partition coefficient (Wildman–Crippen LogP) is 4.39. The summed E-state index contributed by atoms with van der Waals surface area (Å²) in [6.45, 7) is 12.1. The molecule has 1 aliphatic carbocycles. The van der Waals surface area contributed by atoms with Crippen molar-refractivity contribution in [3.8, 4) is 0 Å². The number of alkyl halides is 1. The molecule has 18 heavy (non-hydrogen) atoms. The maximum Gasteiger partial charge on any atom is 0.191 e. The maximum atomic E-state index is 11.9. The summed E-state index contributed by atoms with van der Waals surface area (Å²) >= 11 is 3.34. The summed E-state index contributed by atoms with van der Waals surface area (Å²) in [6, 6.07) is 0. The number of rotatable bonds is 6. The topological polar surface area (TPSA) is 26.3 Å². The molecule has 0 radical (unpaired) electrons. The zero-order valence-electron chi connectivity index (χ0n) is 12.4. The van der Waals surface area contributed by atoms with E-state index in [1.807, 2.05) is 0 Å². The van der Waals surface area contributed by atoms with Gasteiger partial charge in [0.25, 0.3) is 0 Å². The molecule has 0 bridgehead atoms. The Bertz CT molecular complexity index is 297. The first-order valence-corrected chi connectivity index (χ1v) is 10.9. The van der Waals surface area contributed by atoms with Crippen molar-refractivity contribution in [1.29, 1.82) is 0 Å². The predicted molar refractivity (Wildman–Crippen MR) is 82.8 cm³/mol. The molecule has 0 saturated heterocycles. The summed E-state index contributed by atoms with van der Waals surface area (Å²) in [5.74, 6) is 1.17. The number of carbonyl (C=O) groups excluding carboxylic acids is 1. The molecule has 0 spiro atoms. The van der Waals surface area contributed by atoms with Gasteiger partial charge in [0.15, 0.2) is 8.32 Å². The zero-order valence-corrected chi connectivity index (χ0v) is 15.0. The van der Waals surface area contributed by atoms with Gasteiger partial charge in [-0.3, -0.25) is 4.79 Å². The van der Waals surface area contributed by atoms with Crippen LogP contribution in [-0.4, -0.2) is 26.0 Å². The van der Waals surface area contributed by atoms with Crippen LogP contribution < -0.4 is 0 Å². The lowest BCUT2D eigenvalue weighted by Gasteiger charge is -2.41. The molecule has 0 unspecified atom stereocenters. The van der Waals surface area contributed by atoms with Crippen molar-refractivity contribution >= 4 is 30.0 Å². The third kappa shape index (κ3) is 3.91. The second-order valence-corrected chi connectivity index (χ2v) is 12.5. The Morgan fingerprint density at radius 2 is 1.94 bits per heavy atom. The van der Waals surface area contributed by atoms with Gasteiger partial charge < -0.3 is 4.43 Å². The average Bonchev–Trinajstić information content (AvgIpc) is 2.14. The van der Waals surface area contributed by atoms with Gasteiger partial charge in [-0.15, -0.1) is 0 Å². The van der Waals surface area contributed by atoms with E-state index in [0.717, 1.165) is 24.8 Å². The Kier molecular flexibility index (Phi) is 5.63. The zero-order chi connectivity index (χ0) is 14.0. The van der Waals surface area contributed by atoms with E-state index in [1.54, 1.807) is 0 Å². The van der Waals surface area contributed by atoms with Gasteiger partial charge in [-0.25, -0.2) is 0 Å². The van der Waals surface area contributed by atoms with Gasteiger partial charge in [-0.1, -0.05) is 36.7 Å². The maximum absolute atomic E-state index is 11.9. The lowest BCUT2D eigenvalue weighted by molar-refractivity contribution is -0.128. The van der Waals surface area contributed by atoms with Crippen LogP contribution in [0.5, 0.6) is 0 Å². The summed E-state index contributed by atoms with van der Waals surface area (Å²) in [7, 11) is -1.65. The summed E-state index contributed by atoms with van der Waals surface area (Å²) in [6.07, 6.45) is 2.89. The fourth-order valence-corrected chi connectivity index (χ4v) is 3.46. The van der Waals surface area contributed by atoms with E-state index in [4.69, 9.17) is 4.43 Å². The number of Topliss-reactive ketones (excluding diaryl/α,β-unsaturated/α-hetero) is 1. The SMILES string of the molecule is CC(C)(C)[Si](C)(C)OC[C@@H]1CC[C@H]1C(=O)CCBr. The van der Waals surface area contributed by atoms with Gasteiger partial charge in [-0.05, 0) is 36.9 Å². The number of hydrogen-bond donors (Lipinski definition) is 0. The van der Waals surface area contributed by atoms with Gasteiger partial charge >= 0.3 is 0 Å². The van der Waals surface area contributed by atoms with Crippen LogP contribution in [-0.2, 0) is 9.22 Å². The molecule has 0 amide bonds. The minimum Gasteiger partial charge on any atom is -0.417 e. The second kappa shape index (κ2) is 6.19. The van der Waals surface area contributed by atoms with Crippen LogP contribution in [0.25, 0.3) is 0 Å². The monoisotopic (exact) mass is 334 g/mol. The summed E-state index contributed by atoms with van der Waals surface area (Å²) in [5, 5.41) is 1.05. The van der Waals surface area contributed by atoms with Crippen molar-refractivity contribution in [3.05, 3.63) is 0 Å². The molecule has 0 heterocycles. The highest BCUT2D eigenvalue weighted by Gasteiger charge is 2.41. The lowest BCUT2D eigenvalue weighted by atomic mass is 9.71. The molecule has 0 aromatic carbocycles. The van der Waals surface area contributed by atoms with Crippen molar-refractivity contribution in [2.45, 2.75) is 58.2 Å². The molecule has 2 nitrogen and oxygen atoms in total. The third-order valence-electron chi connectivity index (χ3n) is 4.64. The fraction of sp³-hybridized carbons (Fsp3) is 0.929. The normalized spacial score (nSPS) is 24.8. The van der Waals surface area contributed by atoms with Gasteiger partial charge in [0.1, 0.15) is 5.78 Å². The quantitative estimate of drug-likeness (QED) is 0.532. The first kappa shape index (κ1) is 16.4. The van der Waals surface area contributed by atoms with Gasteiger partial charge in [-0.2, -0.15) is 0 Å². The standard InChI is InChI=1S/C14H27BrO2Si/c1-14(2,3)18(4,5)17-10-11-6-7-12(11)13(16)8-9-15/h11-12H,6-10H2,1-5H3/t11-,12+/m0/s1. The summed E-state index contributed by atoms with van der Waals surface area (Å²) < 4.78 is 6.23. The number of ketones is 1.